The van der Waals surface area contributed by atoms with Crippen LogP contribution in [0.1, 0.15) is 11.1 Å². The number of benzene rings is 2. The van der Waals surface area contributed by atoms with Gasteiger partial charge in [-0.05, 0) is 83.5 Å². The number of carbonyl (C=O) groups excluding carboxylic acids is 1. The topological polar surface area (TPSA) is 72.5 Å². The zero-order valence-corrected chi connectivity index (χ0v) is 20.9. The van der Waals surface area contributed by atoms with Gasteiger partial charge in [-0.3, -0.25) is 10.1 Å². The van der Waals surface area contributed by atoms with Crippen molar-refractivity contribution < 1.29 is 14.3 Å². The average molecular weight is 541 g/mol. The molecule has 0 spiro atoms. The van der Waals surface area contributed by atoms with Gasteiger partial charge in [-0.25, -0.2) is 4.98 Å². The van der Waals surface area contributed by atoms with Gasteiger partial charge in [0.1, 0.15) is 11.5 Å². The molecule has 0 aliphatic carbocycles. The number of thiocarbonyl (C=S) groups is 1. The van der Waals surface area contributed by atoms with Crippen molar-refractivity contribution in [2.75, 3.05) is 19.0 Å². The molecule has 2 N–H and O–H groups in total. The van der Waals surface area contributed by atoms with E-state index in [2.05, 4.69) is 31.5 Å². The third kappa shape index (κ3) is 6.16. The van der Waals surface area contributed by atoms with E-state index < -0.39 is 0 Å². The predicted octanol–water partition coefficient (Wildman–Crippen LogP) is 5.74. The van der Waals surface area contributed by atoms with Crippen LogP contribution < -0.4 is 20.1 Å². The Morgan fingerprint density at radius 2 is 1.97 bits per heavy atom. The lowest BCUT2D eigenvalue weighted by atomic mass is 10.1. The van der Waals surface area contributed by atoms with Gasteiger partial charge in [-0.1, -0.05) is 11.6 Å². The molecule has 0 aliphatic heterocycles. The molecule has 0 atom stereocenters. The monoisotopic (exact) mass is 539 g/mol. The molecule has 6 nitrogen and oxygen atoms in total. The van der Waals surface area contributed by atoms with Gasteiger partial charge in [0.25, 0.3) is 5.91 Å². The number of methoxy groups -OCH3 is 1. The Hall–Kier alpha value is -2.20. The van der Waals surface area contributed by atoms with Gasteiger partial charge in [-0.2, -0.15) is 0 Å². The van der Waals surface area contributed by atoms with E-state index in [-0.39, 0.29) is 17.6 Å². The van der Waals surface area contributed by atoms with Crippen LogP contribution >= 0.6 is 51.1 Å². The highest BCUT2D eigenvalue weighted by atomic mass is 79.9. The lowest BCUT2D eigenvalue weighted by Gasteiger charge is -2.11. The van der Waals surface area contributed by atoms with Gasteiger partial charge >= 0.3 is 0 Å². The molecule has 31 heavy (non-hydrogen) atoms. The smallest absolute Gasteiger partial charge is 0.264 e. The second-order valence-electron chi connectivity index (χ2n) is 6.55. The van der Waals surface area contributed by atoms with Crippen molar-refractivity contribution in [1.82, 2.24) is 10.3 Å². The Labute approximate surface area is 203 Å². The van der Waals surface area contributed by atoms with Crippen LogP contribution in [0.3, 0.4) is 0 Å². The van der Waals surface area contributed by atoms with Gasteiger partial charge in [0.05, 0.1) is 17.3 Å². The first kappa shape index (κ1) is 23.5. The van der Waals surface area contributed by atoms with Crippen LogP contribution in [-0.2, 0) is 4.79 Å². The van der Waals surface area contributed by atoms with Crippen LogP contribution in [0, 0.1) is 13.8 Å². The maximum absolute atomic E-state index is 12.2. The van der Waals surface area contributed by atoms with Gasteiger partial charge in [-0.15, -0.1) is 11.3 Å². The normalized spacial score (nSPS) is 10.5. The molecule has 1 aromatic heterocycles. The van der Waals surface area contributed by atoms with Crippen molar-refractivity contribution in [3.63, 3.8) is 0 Å². The number of nitrogens with zero attached hydrogens (tertiary/aromatic N) is 1. The number of aryl methyl sites for hydroxylation is 2. The summed E-state index contributed by atoms with van der Waals surface area (Å²) in [5.41, 5.74) is 3.48. The van der Waals surface area contributed by atoms with Gasteiger partial charge < -0.3 is 14.8 Å². The highest BCUT2D eigenvalue weighted by Crippen LogP contribution is 2.32. The molecule has 0 bridgehead atoms. The fraction of sp³-hybridized carbons (Fsp3) is 0.190. The number of amides is 1. The van der Waals surface area contributed by atoms with Crippen LogP contribution in [0.5, 0.6) is 11.5 Å². The molecule has 0 unspecified atom stereocenters. The molecular formula is C21H19BrClN3O3S2. The molecule has 1 heterocycles. The van der Waals surface area contributed by atoms with Crippen molar-refractivity contribution in [3.8, 4) is 22.8 Å². The molecule has 3 rings (SSSR count). The van der Waals surface area contributed by atoms with Crippen molar-refractivity contribution >= 4 is 67.2 Å². The first-order chi connectivity index (χ1) is 14.8. The largest absolute Gasteiger partial charge is 0.496 e. The Morgan fingerprint density at radius 1 is 1.26 bits per heavy atom. The minimum absolute atomic E-state index is 0.147. The van der Waals surface area contributed by atoms with E-state index in [9.17, 15) is 4.79 Å². The number of thiazole rings is 1. The molecule has 2 aromatic carbocycles. The second-order valence-corrected chi connectivity index (χ2v) is 9.05. The Kier molecular flexibility index (Phi) is 7.88. The minimum atomic E-state index is -0.376. The number of ether oxygens (including phenoxy) is 2. The summed E-state index contributed by atoms with van der Waals surface area (Å²) in [6, 6.07) is 9.28. The third-order valence-electron chi connectivity index (χ3n) is 4.21. The summed E-state index contributed by atoms with van der Waals surface area (Å²) in [6.07, 6.45) is 0. The maximum Gasteiger partial charge on any atom is 0.264 e. The summed E-state index contributed by atoms with van der Waals surface area (Å²) < 4.78 is 11.6. The van der Waals surface area contributed by atoms with Crippen LogP contribution in [0.25, 0.3) is 11.3 Å². The average Bonchev–Trinajstić information content (AvgIpc) is 3.18. The van der Waals surface area contributed by atoms with Crippen molar-refractivity contribution in [3.05, 3.63) is 56.3 Å². The number of rotatable bonds is 6. The molecule has 162 valence electrons. The SMILES string of the molecule is COc1ccc(-c2csc(NC(=S)NC(=O)COc3cc(C)c(Cl)c(C)c3)n2)cc1Br. The first-order valence-electron chi connectivity index (χ1n) is 9.06. The zero-order valence-electron chi connectivity index (χ0n) is 16.9. The van der Waals surface area contributed by atoms with E-state index in [1.54, 1.807) is 19.2 Å². The highest BCUT2D eigenvalue weighted by Gasteiger charge is 2.11. The Balaban J connectivity index is 1.54. The predicted molar refractivity (Wildman–Crippen MR) is 133 cm³/mol. The molecule has 0 aliphatic rings. The van der Waals surface area contributed by atoms with Crippen LogP contribution in [0.15, 0.2) is 40.2 Å². The number of hydrogen-bond acceptors (Lipinski definition) is 6. The van der Waals surface area contributed by atoms with Gasteiger partial charge in [0.2, 0.25) is 0 Å². The molecule has 0 radical (unpaired) electrons. The van der Waals surface area contributed by atoms with E-state index in [0.717, 1.165) is 32.6 Å². The second kappa shape index (κ2) is 10.4. The summed E-state index contributed by atoms with van der Waals surface area (Å²) in [6.45, 7) is 3.59. The van der Waals surface area contributed by atoms with E-state index in [4.69, 9.17) is 33.3 Å². The van der Waals surface area contributed by atoms with Crippen LogP contribution in [0.2, 0.25) is 5.02 Å². The van der Waals surface area contributed by atoms with Crippen molar-refractivity contribution in [1.29, 1.82) is 0 Å². The first-order valence-corrected chi connectivity index (χ1v) is 11.5. The number of carbonyl (C=O) groups is 1. The lowest BCUT2D eigenvalue weighted by Crippen LogP contribution is -2.37. The fourth-order valence-corrected chi connectivity index (χ4v) is 4.37. The number of hydrogen-bond donors (Lipinski definition) is 2. The summed E-state index contributed by atoms with van der Waals surface area (Å²) in [7, 11) is 1.61. The van der Waals surface area contributed by atoms with E-state index in [0.29, 0.717) is 15.9 Å². The molecule has 1 amide bonds. The fourth-order valence-electron chi connectivity index (χ4n) is 2.72. The quantitative estimate of drug-likeness (QED) is 0.388. The zero-order chi connectivity index (χ0) is 22.5. The van der Waals surface area contributed by atoms with Crippen LogP contribution in [0.4, 0.5) is 5.13 Å². The van der Waals surface area contributed by atoms with E-state index >= 15 is 0 Å². The Morgan fingerprint density at radius 3 is 2.61 bits per heavy atom. The molecule has 0 saturated heterocycles. The van der Waals surface area contributed by atoms with Crippen molar-refractivity contribution in [2.24, 2.45) is 0 Å². The summed E-state index contributed by atoms with van der Waals surface area (Å²) in [4.78, 5) is 16.7. The molecular weight excluding hydrogens is 522 g/mol. The van der Waals surface area contributed by atoms with E-state index in [1.165, 1.54) is 11.3 Å². The summed E-state index contributed by atoms with van der Waals surface area (Å²) in [5.74, 6) is 0.939. The highest BCUT2D eigenvalue weighted by molar-refractivity contribution is 9.10. The van der Waals surface area contributed by atoms with Gasteiger partial charge in [0, 0.05) is 16.0 Å². The van der Waals surface area contributed by atoms with Crippen molar-refractivity contribution in [2.45, 2.75) is 13.8 Å². The van der Waals surface area contributed by atoms with Crippen LogP contribution in [-0.4, -0.2) is 29.7 Å². The summed E-state index contributed by atoms with van der Waals surface area (Å²) >= 11 is 16.2. The third-order valence-corrected chi connectivity index (χ3v) is 6.38. The minimum Gasteiger partial charge on any atom is -0.496 e. The van der Waals surface area contributed by atoms with E-state index in [1.807, 2.05) is 37.4 Å². The number of halogens is 2. The maximum atomic E-state index is 12.2. The van der Waals surface area contributed by atoms with Gasteiger partial charge in [0.15, 0.2) is 16.9 Å². The number of anilines is 1. The number of aromatic nitrogens is 1. The molecule has 3 aromatic rings. The Bertz CT molecular complexity index is 1110. The lowest BCUT2D eigenvalue weighted by molar-refractivity contribution is -0.121. The summed E-state index contributed by atoms with van der Waals surface area (Å²) in [5, 5.41) is 8.81. The number of nitrogens with one attached hydrogen (secondary N) is 2. The molecule has 10 heteroatoms. The standard InChI is InChI=1S/C21H19BrClN3O3S2/c1-11-6-14(7-12(2)19(11)23)29-9-18(27)25-20(30)26-21-24-16(10-31-21)13-4-5-17(28-3)15(22)8-13/h4-8,10H,9H2,1-3H3,(H2,24,25,26,27,30). The molecule has 0 saturated carbocycles. The molecule has 0 fully saturated rings.